The molecule has 0 radical (unpaired) electrons. The maximum absolute atomic E-state index is 13.1. The van der Waals surface area contributed by atoms with Crippen LogP contribution in [0.3, 0.4) is 0 Å². The van der Waals surface area contributed by atoms with Crippen molar-refractivity contribution in [3.05, 3.63) is 131 Å². The molecule has 1 atom stereocenters. The first-order valence-corrected chi connectivity index (χ1v) is 11.5. The van der Waals surface area contributed by atoms with Crippen LogP contribution in [-0.2, 0) is 17.0 Å². The quantitative estimate of drug-likeness (QED) is 0.303. The number of rotatable bonds is 7. The third-order valence-electron chi connectivity index (χ3n) is 6.18. The summed E-state index contributed by atoms with van der Waals surface area (Å²) in [5.74, 6) is -2.45. The zero-order valence-electron chi connectivity index (χ0n) is 19.6. The van der Waals surface area contributed by atoms with E-state index in [9.17, 15) is 15.0 Å². The van der Waals surface area contributed by atoms with E-state index in [0.29, 0.717) is 11.0 Å². The Morgan fingerprint density at radius 3 is 2.47 bits per heavy atom. The highest BCUT2D eigenvalue weighted by Crippen LogP contribution is 2.32. The van der Waals surface area contributed by atoms with Crippen molar-refractivity contribution in [1.82, 2.24) is 15.3 Å². The average molecular weight is 480 g/mol. The largest absolute Gasteiger partial charge is 0.455 e. The van der Waals surface area contributed by atoms with Gasteiger partial charge in [-0.15, -0.1) is 0 Å². The third kappa shape index (κ3) is 4.75. The SMILES string of the molecule is Cc1cnccc1C(NC(=O)Cc1ccc2oc(C(O)(O)c3ccncc3)cc2c1)c1ccccc1. The zero-order valence-corrected chi connectivity index (χ0v) is 19.6. The second kappa shape index (κ2) is 9.73. The van der Waals surface area contributed by atoms with Crippen LogP contribution in [0.2, 0.25) is 0 Å². The van der Waals surface area contributed by atoms with Crippen LogP contribution in [0.15, 0.2) is 102 Å². The minimum Gasteiger partial charge on any atom is -0.455 e. The Morgan fingerprint density at radius 2 is 1.72 bits per heavy atom. The Balaban J connectivity index is 1.38. The highest BCUT2D eigenvalue weighted by atomic mass is 16.5. The lowest BCUT2D eigenvalue weighted by atomic mass is 9.96. The van der Waals surface area contributed by atoms with Gasteiger partial charge in [0.1, 0.15) is 5.58 Å². The van der Waals surface area contributed by atoms with Crippen LogP contribution in [0.25, 0.3) is 11.0 Å². The van der Waals surface area contributed by atoms with Gasteiger partial charge in [0, 0.05) is 35.7 Å². The summed E-state index contributed by atoms with van der Waals surface area (Å²) < 4.78 is 5.71. The number of aliphatic hydroxyl groups is 2. The summed E-state index contributed by atoms with van der Waals surface area (Å²) in [7, 11) is 0. The number of carbonyl (C=O) groups excluding carboxylic acids is 1. The zero-order chi connectivity index (χ0) is 25.1. The van der Waals surface area contributed by atoms with E-state index in [1.807, 2.05) is 49.4 Å². The van der Waals surface area contributed by atoms with Gasteiger partial charge in [-0.3, -0.25) is 14.8 Å². The summed E-state index contributed by atoms with van der Waals surface area (Å²) in [5.41, 5.74) is 4.46. The van der Waals surface area contributed by atoms with E-state index in [2.05, 4.69) is 15.3 Å². The Hall–Kier alpha value is -4.33. The molecule has 0 aliphatic heterocycles. The third-order valence-corrected chi connectivity index (χ3v) is 6.18. The molecular weight excluding hydrogens is 454 g/mol. The van der Waals surface area contributed by atoms with Gasteiger partial charge in [-0.05, 0) is 65.6 Å². The molecule has 1 unspecified atom stereocenters. The summed E-state index contributed by atoms with van der Waals surface area (Å²) in [5, 5.41) is 25.2. The number of amides is 1. The summed E-state index contributed by atoms with van der Waals surface area (Å²) in [6.07, 6.45) is 6.62. The van der Waals surface area contributed by atoms with Gasteiger partial charge in [0.15, 0.2) is 5.76 Å². The second-order valence-corrected chi connectivity index (χ2v) is 8.71. The highest BCUT2D eigenvalue weighted by molar-refractivity contribution is 5.83. The van der Waals surface area contributed by atoms with Crippen LogP contribution in [0.5, 0.6) is 0 Å². The van der Waals surface area contributed by atoms with Crippen molar-refractivity contribution >= 4 is 16.9 Å². The number of furan rings is 1. The molecule has 5 aromatic rings. The van der Waals surface area contributed by atoms with Gasteiger partial charge in [0.25, 0.3) is 5.79 Å². The molecule has 36 heavy (non-hydrogen) atoms. The lowest BCUT2D eigenvalue weighted by Gasteiger charge is -2.21. The standard InChI is InChI=1S/C29H25N3O4/c1-19-18-31-14-11-24(19)28(21-5-3-2-4-6-21)32-27(33)16-20-7-8-25-22(15-20)17-26(36-25)29(34,35)23-9-12-30-13-10-23/h2-15,17-18,28,34-35H,16H2,1H3,(H,32,33). The lowest BCUT2D eigenvalue weighted by molar-refractivity contribution is -0.145. The minimum absolute atomic E-state index is 0.0115. The molecule has 5 rings (SSSR count). The predicted octanol–water partition coefficient (Wildman–Crippen LogP) is 4.17. The number of carbonyl (C=O) groups is 1. The van der Waals surface area contributed by atoms with Crippen LogP contribution in [-0.4, -0.2) is 26.1 Å². The predicted molar refractivity (Wildman–Crippen MR) is 135 cm³/mol. The first-order valence-electron chi connectivity index (χ1n) is 11.5. The van der Waals surface area contributed by atoms with Gasteiger partial charge in [-0.2, -0.15) is 0 Å². The first-order chi connectivity index (χ1) is 17.4. The molecule has 7 heteroatoms. The van der Waals surface area contributed by atoms with Crippen molar-refractivity contribution in [2.24, 2.45) is 0 Å². The number of aryl methyl sites for hydroxylation is 1. The highest BCUT2D eigenvalue weighted by Gasteiger charge is 2.32. The number of nitrogens with zero attached hydrogens (tertiary/aromatic N) is 2. The Morgan fingerprint density at radius 1 is 0.972 bits per heavy atom. The molecule has 0 aliphatic rings. The van der Waals surface area contributed by atoms with E-state index in [-0.39, 0.29) is 29.7 Å². The van der Waals surface area contributed by atoms with Crippen LogP contribution < -0.4 is 5.32 Å². The molecule has 0 saturated carbocycles. The van der Waals surface area contributed by atoms with E-state index in [4.69, 9.17) is 4.42 Å². The van der Waals surface area contributed by atoms with E-state index in [0.717, 1.165) is 22.3 Å². The Bertz CT molecular complexity index is 1500. The van der Waals surface area contributed by atoms with E-state index in [1.54, 1.807) is 30.6 Å². The van der Waals surface area contributed by atoms with Crippen molar-refractivity contribution < 1.29 is 19.4 Å². The van der Waals surface area contributed by atoms with Gasteiger partial charge in [-0.1, -0.05) is 36.4 Å². The van der Waals surface area contributed by atoms with Crippen LogP contribution in [0, 0.1) is 6.92 Å². The number of nitrogens with one attached hydrogen (secondary N) is 1. The molecule has 3 heterocycles. The molecule has 0 fully saturated rings. The van der Waals surface area contributed by atoms with E-state index in [1.165, 1.54) is 24.5 Å². The summed E-state index contributed by atoms with van der Waals surface area (Å²) >= 11 is 0. The topological polar surface area (TPSA) is 108 Å². The number of fused-ring (bicyclic) bond motifs is 1. The van der Waals surface area contributed by atoms with Gasteiger partial charge in [0.05, 0.1) is 12.5 Å². The van der Waals surface area contributed by atoms with Gasteiger partial charge in [0.2, 0.25) is 5.91 Å². The monoisotopic (exact) mass is 479 g/mol. The van der Waals surface area contributed by atoms with Crippen molar-refractivity contribution in [2.75, 3.05) is 0 Å². The molecule has 2 aromatic carbocycles. The summed E-state index contributed by atoms with van der Waals surface area (Å²) in [4.78, 5) is 21.2. The summed E-state index contributed by atoms with van der Waals surface area (Å²) in [6, 6.07) is 21.4. The molecule has 180 valence electrons. The number of hydrogen-bond donors (Lipinski definition) is 3. The fraction of sp³-hybridized carbons (Fsp3) is 0.138. The number of pyridine rings is 2. The van der Waals surface area contributed by atoms with Crippen molar-refractivity contribution in [3.63, 3.8) is 0 Å². The molecule has 0 bridgehead atoms. The molecule has 7 nitrogen and oxygen atoms in total. The van der Waals surface area contributed by atoms with Gasteiger partial charge >= 0.3 is 0 Å². The van der Waals surface area contributed by atoms with Crippen molar-refractivity contribution in [1.29, 1.82) is 0 Å². The normalized spacial score (nSPS) is 12.4. The fourth-order valence-electron chi connectivity index (χ4n) is 4.29. The summed E-state index contributed by atoms with van der Waals surface area (Å²) in [6.45, 7) is 1.98. The number of hydrogen-bond acceptors (Lipinski definition) is 6. The second-order valence-electron chi connectivity index (χ2n) is 8.71. The molecule has 0 saturated heterocycles. The molecule has 0 aliphatic carbocycles. The van der Waals surface area contributed by atoms with E-state index >= 15 is 0 Å². The number of aromatic nitrogens is 2. The van der Waals surface area contributed by atoms with Gasteiger partial charge < -0.3 is 19.9 Å². The first kappa shape index (κ1) is 23.4. The smallest absolute Gasteiger partial charge is 0.251 e. The average Bonchev–Trinajstić information content (AvgIpc) is 3.33. The van der Waals surface area contributed by atoms with E-state index < -0.39 is 5.79 Å². The fourth-order valence-corrected chi connectivity index (χ4v) is 4.29. The van der Waals surface area contributed by atoms with Crippen molar-refractivity contribution in [2.45, 2.75) is 25.2 Å². The van der Waals surface area contributed by atoms with Crippen molar-refractivity contribution in [3.8, 4) is 0 Å². The van der Waals surface area contributed by atoms with Crippen LogP contribution in [0.4, 0.5) is 0 Å². The molecule has 3 aromatic heterocycles. The Labute approximate surface area is 208 Å². The van der Waals surface area contributed by atoms with Crippen LogP contribution in [0.1, 0.15) is 39.6 Å². The maximum Gasteiger partial charge on any atom is 0.251 e. The maximum atomic E-state index is 13.1. The minimum atomic E-state index is -2.30. The van der Waals surface area contributed by atoms with Gasteiger partial charge in [-0.25, -0.2) is 0 Å². The lowest BCUT2D eigenvalue weighted by Crippen LogP contribution is -2.31. The molecule has 0 spiro atoms. The Kier molecular flexibility index (Phi) is 6.33. The molecular formula is C29H25N3O4. The van der Waals surface area contributed by atoms with Crippen LogP contribution >= 0.6 is 0 Å². The number of benzene rings is 2. The molecule has 1 amide bonds. The molecule has 3 N–H and O–H groups in total.